The summed E-state index contributed by atoms with van der Waals surface area (Å²) in [6, 6.07) is 6.68. The molecule has 21 heavy (non-hydrogen) atoms. The molecule has 3 nitrogen and oxygen atoms in total. The molecule has 0 aromatic heterocycles. The van der Waals surface area contributed by atoms with Gasteiger partial charge in [-0.1, -0.05) is 11.6 Å². The Labute approximate surface area is 129 Å². The molecule has 4 heteroatoms. The number of hydrogen-bond donors (Lipinski definition) is 0. The molecule has 2 bridgehead atoms. The molecule has 0 spiro atoms. The highest BCUT2D eigenvalue weighted by Gasteiger charge is 2.64. The Morgan fingerprint density at radius 2 is 2.29 bits per heavy atom. The molecule has 1 aromatic carbocycles. The molecule has 0 amide bonds. The minimum absolute atomic E-state index is 0.458. The zero-order valence-electron chi connectivity index (χ0n) is 12.1. The van der Waals surface area contributed by atoms with Crippen molar-refractivity contribution in [3.05, 3.63) is 23.8 Å². The van der Waals surface area contributed by atoms with Crippen molar-refractivity contribution >= 4 is 17.4 Å². The van der Waals surface area contributed by atoms with Crippen LogP contribution in [0.3, 0.4) is 0 Å². The topological polar surface area (TPSA) is 23.8 Å². The van der Waals surface area contributed by atoms with Gasteiger partial charge in [0.2, 0.25) is 0 Å². The van der Waals surface area contributed by atoms with Gasteiger partial charge in [-0.3, -0.25) is 4.90 Å². The molecule has 3 fully saturated rings. The Morgan fingerprint density at radius 3 is 3.10 bits per heavy atom. The molecule has 3 aliphatic heterocycles. The van der Waals surface area contributed by atoms with Gasteiger partial charge < -0.3 is 4.74 Å². The number of halogens is 1. The van der Waals surface area contributed by atoms with Gasteiger partial charge in [0.05, 0.1) is 18.6 Å². The lowest BCUT2D eigenvalue weighted by atomic mass is 9.84. The highest BCUT2D eigenvalue weighted by Crippen LogP contribution is 2.55. The highest BCUT2D eigenvalue weighted by atomic mass is 35.5. The lowest BCUT2D eigenvalue weighted by molar-refractivity contribution is -0.366. The van der Waals surface area contributed by atoms with E-state index in [0.29, 0.717) is 12.0 Å². The fourth-order valence-electron chi connectivity index (χ4n) is 4.97. The summed E-state index contributed by atoms with van der Waals surface area (Å²) >= 11 is 7.14. The molecule has 1 unspecified atom stereocenters. The van der Waals surface area contributed by atoms with Crippen molar-refractivity contribution in [1.29, 1.82) is 0 Å². The van der Waals surface area contributed by atoms with Crippen LogP contribution in [0.2, 0.25) is 0 Å². The second-order valence-electron chi connectivity index (χ2n) is 6.89. The van der Waals surface area contributed by atoms with Crippen LogP contribution in [-0.4, -0.2) is 36.9 Å². The molecule has 110 valence electrons. The maximum Gasteiger partial charge on any atom is 0.358 e. The van der Waals surface area contributed by atoms with Crippen LogP contribution >= 0.6 is 11.6 Å². The first kappa shape index (κ1) is 12.5. The monoisotopic (exact) mass is 304 g/mol. The van der Waals surface area contributed by atoms with Crippen molar-refractivity contribution in [2.24, 2.45) is 11.8 Å². The second kappa shape index (κ2) is 4.02. The van der Waals surface area contributed by atoms with Gasteiger partial charge in [-0.15, -0.1) is 0 Å². The fraction of sp³-hybridized carbons (Fsp3) is 0.588. The normalized spacial score (nSPS) is 39.7. The van der Waals surface area contributed by atoms with Gasteiger partial charge >= 0.3 is 11.5 Å². The van der Waals surface area contributed by atoms with Crippen molar-refractivity contribution in [1.82, 2.24) is 4.90 Å². The van der Waals surface area contributed by atoms with E-state index < -0.39 is 4.87 Å². The fourth-order valence-corrected chi connectivity index (χ4v) is 5.38. The standard InChI is InChI=1S/C17H19ClNO2/c1-20-11-2-3-15-13(8-11)17(18)4-5-19-9-10-6-12(14(19)7-10)16(17)21-15/h2-3,8,10,12,14H,4-7,9H2,1H3/q+1/t10-,12+,14-,17?/m0/s1. The molecule has 4 aliphatic rings. The molecule has 2 saturated heterocycles. The predicted molar refractivity (Wildman–Crippen MR) is 81.2 cm³/mol. The summed E-state index contributed by atoms with van der Waals surface area (Å²) in [5, 5.41) is 0. The smallest absolute Gasteiger partial charge is 0.358 e. The maximum absolute atomic E-state index is 7.14. The Kier molecular flexibility index (Phi) is 2.39. The van der Waals surface area contributed by atoms with Crippen molar-refractivity contribution in [3.63, 3.8) is 0 Å². The van der Waals surface area contributed by atoms with E-state index in [1.165, 1.54) is 19.4 Å². The Morgan fingerprint density at radius 1 is 1.38 bits per heavy atom. The second-order valence-corrected chi connectivity index (χ2v) is 7.53. The van der Waals surface area contributed by atoms with Gasteiger partial charge in [-0.2, -0.15) is 0 Å². The SMILES string of the molecule is COc1ccc2c(c1)C1(Cl)CCN3C[C@H]4C[C@@H](C1=[O+]2)[C@@H]3C4. The maximum atomic E-state index is 7.14. The summed E-state index contributed by atoms with van der Waals surface area (Å²) in [4.78, 5) is 2.18. The third kappa shape index (κ3) is 1.51. The van der Waals surface area contributed by atoms with Crippen LogP contribution in [0.4, 0.5) is 0 Å². The Hall–Kier alpha value is -1.06. The molecule has 1 aromatic rings. The summed E-state index contributed by atoms with van der Waals surface area (Å²) < 4.78 is 11.7. The van der Waals surface area contributed by atoms with Crippen LogP contribution in [-0.2, 0) is 9.30 Å². The Balaban J connectivity index is 1.65. The van der Waals surface area contributed by atoms with E-state index in [2.05, 4.69) is 11.0 Å². The lowest BCUT2D eigenvalue weighted by Gasteiger charge is -2.27. The largest absolute Gasteiger partial charge is 0.497 e. The van der Waals surface area contributed by atoms with Crippen LogP contribution in [0.1, 0.15) is 24.8 Å². The van der Waals surface area contributed by atoms with E-state index in [-0.39, 0.29) is 0 Å². The zero-order chi connectivity index (χ0) is 14.2. The Bertz CT molecular complexity index is 658. The number of ketones is 1. The number of ether oxygens (including phenoxy) is 1. The van der Waals surface area contributed by atoms with Crippen LogP contribution < -0.4 is 4.74 Å². The molecular weight excluding hydrogens is 286 g/mol. The minimum Gasteiger partial charge on any atom is -0.497 e. The quantitative estimate of drug-likeness (QED) is 0.588. The molecule has 5 rings (SSSR count). The van der Waals surface area contributed by atoms with E-state index in [1.54, 1.807) is 7.11 Å². The average Bonchev–Trinajstić information content (AvgIpc) is 3.15. The van der Waals surface area contributed by atoms with Crippen LogP contribution in [0, 0.1) is 11.8 Å². The van der Waals surface area contributed by atoms with Crippen molar-refractivity contribution in [2.75, 3.05) is 20.2 Å². The molecule has 0 radical (unpaired) electrons. The summed E-state index contributed by atoms with van der Waals surface area (Å²) in [6.07, 6.45) is 3.50. The van der Waals surface area contributed by atoms with Crippen molar-refractivity contribution < 1.29 is 9.16 Å². The highest BCUT2D eigenvalue weighted by molar-refractivity contribution is 6.36. The molecule has 1 aliphatic carbocycles. The number of piperidine rings is 1. The van der Waals surface area contributed by atoms with Crippen LogP contribution in [0.5, 0.6) is 11.5 Å². The first-order valence-electron chi connectivity index (χ1n) is 7.86. The van der Waals surface area contributed by atoms with E-state index >= 15 is 0 Å². The summed E-state index contributed by atoms with van der Waals surface area (Å²) in [6.45, 7) is 2.33. The van der Waals surface area contributed by atoms with E-state index in [1.807, 2.05) is 12.1 Å². The number of nitrogens with zero attached hydrogens (tertiary/aromatic N) is 1. The summed E-state index contributed by atoms with van der Waals surface area (Å²) in [5.74, 6) is 4.24. The number of benzene rings is 1. The number of carbonyl (C=O) groups excluding carboxylic acids is 1. The van der Waals surface area contributed by atoms with E-state index in [9.17, 15) is 0 Å². The van der Waals surface area contributed by atoms with Crippen LogP contribution in [0.15, 0.2) is 18.2 Å². The molecular formula is C17H19ClNO2+. The number of hydrogen-bond acceptors (Lipinski definition) is 2. The first-order chi connectivity index (χ1) is 10.2. The van der Waals surface area contributed by atoms with Gasteiger partial charge in [0, 0.05) is 25.2 Å². The molecule has 4 atom stereocenters. The van der Waals surface area contributed by atoms with Gasteiger partial charge in [-0.05, 0) is 37.3 Å². The number of methoxy groups -OCH3 is 1. The van der Waals surface area contributed by atoms with Gasteiger partial charge in [0.15, 0.2) is 4.87 Å². The van der Waals surface area contributed by atoms with Crippen LogP contribution in [0.25, 0.3) is 0 Å². The lowest BCUT2D eigenvalue weighted by Crippen LogP contribution is -2.40. The average molecular weight is 305 g/mol. The predicted octanol–water partition coefficient (Wildman–Crippen LogP) is 3.08. The first-order valence-corrected chi connectivity index (χ1v) is 8.23. The van der Waals surface area contributed by atoms with Crippen molar-refractivity contribution in [3.8, 4) is 11.5 Å². The van der Waals surface area contributed by atoms with Crippen molar-refractivity contribution in [2.45, 2.75) is 30.2 Å². The minimum atomic E-state index is -0.458. The number of rotatable bonds is 1. The van der Waals surface area contributed by atoms with Gasteiger partial charge in [0.25, 0.3) is 0 Å². The number of fused-ring (bicyclic) bond motifs is 5. The van der Waals surface area contributed by atoms with Gasteiger partial charge in [0.1, 0.15) is 5.75 Å². The summed E-state index contributed by atoms with van der Waals surface area (Å²) in [5.41, 5.74) is 1.10. The molecule has 1 saturated carbocycles. The van der Waals surface area contributed by atoms with E-state index in [4.69, 9.17) is 20.8 Å². The zero-order valence-corrected chi connectivity index (χ0v) is 12.9. The third-order valence-corrected chi connectivity index (χ3v) is 6.47. The third-order valence-electron chi connectivity index (χ3n) is 5.89. The number of alkyl halides is 1. The van der Waals surface area contributed by atoms with Gasteiger partial charge in [-0.25, -0.2) is 4.42 Å². The molecule has 0 N–H and O–H groups in total. The molecule has 3 heterocycles. The summed E-state index contributed by atoms with van der Waals surface area (Å²) in [7, 11) is 1.70. The van der Waals surface area contributed by atoms with E-state index in [0.717, 1.165) is 41.7 Å².